The van der Waals surface area contributed by atoms with Crippen molar-refractivity contribution in [3.05, 3.63) is 28.0 Å². The van der Waals surface area contributed by atoms with E-state index in [-0.39, 0.29) is 28.6 Å². The predicted molar refractivity (Wildman–Crippen MR) is 83.0 cm³/mol. The molecule has 6 heteroatoms. The van der Waals surface area contributed by atoms with E-state index < -0.39 is 0 Å². The van der Waals surface area contributed by atoms with Gasteiger partial charge in [0.05, 0.1) is 5.56 Å². The topological polar surface area (TPSA) is 68.3 Å². The molecule has 0 unspecified atom stereocenters. The number of hydrogen-bond donors (Lipinski definition) is 0. The first-order valence-corrected chi connectivity index (χ1v) is 7.72. The Morgan fingerprint density at radius 1 is 1.36 bits per heavy atom. The predicted octanol–water partition coefficient (Wildman–Crippen LogP) is 2.24. The molecule has 0 saturated heterocycles. The van der Waals surface area contributed by atoms with Crippen LogP contribution in [0.15, 0.2) is 15.5 Å². The number of fused-ring (bicyclic) bond motifs is 1. The number of hydrogen-bond acceptors (Lipinski definition) is 4. The molecule has 0 atom stereocenters. The highest BCUT2D eigenvalue weighted by molar-refractivity contribution is 6.06. The highest BCUT2D eigenvalue weighted by Crippen LogP contribution is 2.26. The second kappa shape index (κ2) is 5.59. The van der Waals surface area contributed by atoms with Gasteiger partial charge in [0.25, 0.3) is 11.5 Å². The monoisotopic (exact) mass is 303 g/mol. The number of amides is 1. The number of carbonyl (C=O) groups is 1. The molecule has 0 radical (unpaired) electrons. The molecule has 2 aromatic heterocycles. The Kier molecular flexibility index (Phi) is 3.76. The lowest BCUT2D eigenvalue weighted by molar-refractivity contribution is 0.0696. The molecule has 1 amide bonds. The minimum absolute atomic E-state index is 0.145. The fraction of sp³-hybridized carbons (Fsp3) is 0.562. The minimum atomic E-state index is -0.248. The smallest absolute Gasteiger partial charge is 0.265 e. The number of nitrogens with zero attached hydrogens (tertiary/aromatic N) is 3. The Balaban J connectivity index is 2.05. The van der Waals surface area contributed by atoms with Crippen LogP contribution in [-0.4, -0.2) is 33.4 Å². The van der Waals surface area contributed by atoms with E-state index >= 15 is 0 Å². The fourth-order valence-electron chi connectivity index (χ4n) is 3.26. The maximum absolute atomic E-state index is 12.9. The highest BCUT2D eigenvalue weighted by atomic mass is 16.3. The van der Waals surface area contributed by atoms with Crippen molar-refractivity contribution in [1.82, 2.24) is 14.5 Å². The summed E-state index contributed by atoms with van der Waals surface area (Å²) in [7, 11) is 3.44. The second-order valence-electron chi connectivity index (χ2n) is 6.08. The van der Waals surface area contributed by atoms with Crippen LogP contribution < -0.4 is 5.56 Å². The van der Waals surface area contributed by atoms with Gasteiger partial charge >= 0.3 is 0 Å². The molecular formula is C16H21N3O3. The summed E-state index contributed by atoms with van der Waals surface area (Å²) in [6.45, 7) is 1.71. The summed E-state index contributed by atoms with van der Waals surface area (Å²) in [5.74, 6) is 0.312. The number of furan rings is 1. The molecule has 0 bridgehead atoms. The zero-order valence-electron chi connectivity index (χ0n) is 13.3. The molecule has 118 valence electrons. The van der Waals surface area contributed by atoms with Crippen LogP contribution in [-0.2, 0) is 7.05 Å². The molecule has 0 N–H and O–H groups in total. The third-order valence-electron chi connectivity index (χ3n) is 4.60. The highest BCUT2D eigenvalue weighted by Gasteiger charge is 2.29. The first-order chi connectivity index (χ1) is 10.5. The summed E-state index contributed by atoms with van der Waals surface area (Å²) in [6.07, 6.45) is 6.98. The van der Waals surface area contributed by atoms with Gasteiger partial charge in [-0.2, -0.15) is 0 Å². The summed E-state index contributed by atoms with van der Waals surface area (Å²) < 4.78 is 6.89. The van der Waals surface area contributed by atoms with E-state index in [1.54, 1.807) is 18.9 Å². The molecule has 2 heterocycles. The van der Waals surface area contributed by atoms with Crippen molar-refractivity contribution in [2.45, 2.75) is 45.1 Å². The molecular weight excluding hydrogens is 282 g/mol. The number of aryl methyl sites for hydroxylation is 2. The number of aromatic nitrogens is 2. The van der Waals surface area contributed by atoms with Gasteiger partial charge in [-0.05, 0) is 19.8 Å². The zero-order chi connectivity index (χ0) is 15.9. The first-order valence-electron chi connectivity index (χ1n) is 7.72. The number of rotatable bonds is 2. The summed E-state index contributed by atoms with van der Waals surface area (Å²) in [6, 6.07) is 0.242. The van der Waals surface area contributed by atoms with Crippen LogP contribution in [0, 0.1) is 6.92 Å². The summed E-state index contributed by atoms with van der Waals surface area (Å²) in [5.41, 5.74) is 0.347. The van der Waals surface area contributed by atoms with Crippen molar-refractivity contribution < 1.29 is 9.21 Å². The van der Waals surface area contributed by atoms with Gasteiger partial charge in [-0.15, -0.1) is 0 Å². The van der Waals surface area contributed by atoms with Gasteiger partial charge in [-0.3, -0.25) is 9.59 Å². The molecule has 1 aliphatic carbocycles. The van der Waals surface area contributed by atoms with Crippen molar-refractivity contribution in [1.29, 1.82) is 0 Å². The summed E-state index contributed by atoms with van der Waals surface area (Å²) in [5, 5.41) is 0.287. The minimum Gasteiger partial charge on any atom is -0.442 e. The SMILES string of the molecule is Cc1oc2ncn(C)c(=O)c2c1C(=O)N(C)C1CCCCC1. The van der Waals surface area contributed by atoms with E-state index in [4.69, 9.17) is 4.42 Å². The maximum atomic E-state index is 12.9. The van der Waals surface area contributed by atoms with E-state index in [2.05, 4.69) is 4.98 Å². The van der Waals surface area contributed by atoms with Crippen molar-refractivity contribution in [2.75, 3.05) is 7.05 Å². The van der Waals surface area contributed by atoms with E-state index in [1.807, 2.05) is 7.05 Å². The van der Waals surface area contributed by atoms with Crippen LogP contribution in [0.1, 0.15) is 48.2 Å². The molecule has 0 aliphatic heterocycles. The average molecular weight is 303 g/mol. The first kappa shape index (κ1) is 14.8. The van der Waals surface area contributed by atoms with Crippen molar-refractivity contribution in [3.63, 3.8) is 0 Å². The molecule has 0 aromatic carbocycles. The Labute approximate surface area is 128 Å². The Morgan fingerprint density at radius 2 is 2.05 bits per heavy atom. The van der Waals surface area contributed by atoms with Crippen molar-refractivity contribution >= 4 is 17.0 Å². The largest absolute Gasteiger partial charge is 0.442 e. The Hall–Kier alpha value is -2.11. The van der Waals surface area contributed by atoms with Gasteiger partial charge < -0.3 is 13.9 Å². The average Bonchev–Trinajstić information content (AvgIpc) is 2.87. The van der Waals surface area contributed by atoms with Gasteiger partial charge in [-0.25, -0.2) is 4.98 Å². The second-order valence-corrected chi connectivity index (χ2v) is 6.08. The van der Waals surface area contributed by atoms with Crippen LogP contribution in [0.25, 0.3) is 11.1 Å². The zero-order valence-corrected chi connectivity index (χ0v) is 13.3. The molecule has 1 fully saturated rings. The third kappa shape index (κ3) is 2.32. The van der Waals surface area contributed by atoms with Gasteiger partial charge in [0.2, 0.25) is 5.71 Å². The van der Waals surface area contributed by atoms with E-state index in [1.165, 1.54) is 17.3 Å². The van der Waals surface area contributed by atoms with Crippen LogP contribution in [0.2, 0.25) is 0 Å². The maximum Gasteiger partial charge on any atom is 0.265 e. The molecule has 1 saturated carbocycles. The Morgan fingerprint density at radius 3 is 2.73 bits per heavy atom. The van der Waals surface area contributed by atoms with Gasteiger partial charge in [0, 0.05) is 20.1 Å². The van der Waals surface area contributed by atoms with Crippen LogP contribution >= 0.6 is 0 Å². The summed E-state index contributed by atoms with van der Waals surface area (Å²) >= 11 is 0. The summed E-state index contributed by atoms with van der Waals surface area (Å²) in [4.78, 5) is 31.1. The standard InChI is InChI=1S/C16H21N3O3/c1-10-12(13-14(22-10)17-9-18(2)15(13)20)16(21)19(3)11-7-5-4-6-8-11/h9,11H,4-8H2,1-3H3. The van der Waals surface area contributed by atoms with E-state index in [0.717, 1.165) is 25.7 Å². The van der Waals surface area contributed by atoms with Gasteiger partial charge in [0.15, 0.2) is 0 Å². The van der Waals surface area contributed by atoms with Crippen molar-refractivity contribution in [2.24, 2.45) is 7.05 Å². The van der Waals surface area contributed by atoms with Gasteiger partial charge in [-0.1, -0.05) is 19.3 Å². The molecule has 2 aromatic rings. The van der Waals surface area contributed by atoms with E-state index in [0.29, 0.717) is 11.3 Å². The van der Waals surface area contributed by atoms with Crippen LogP contribution in [0.4, 0.5) is 0 Å². The quantitative estimate of drug-likeness (QED) is 0.853. The fourth-order valence-corrected chi connectivity index (χ4v) is 3.26. The van der Waals surface area contributed by atoms with E-state index in [9.17, 15) is 9.59 Å². The van der Waals surface area contributed by atoms with Crippen LogP contribution in [0.5, 0.6) is 0 Å². The molecule has 3 rings (SSSR count). The Bertz CT molecular complexity index is 769. The lowest BCUT2D eigenvalue weighted by Gasteiger charge is -2.31. The normalized spacial score (nSPS) is 16.1. The molecule has 6 nitrogen and oxygen atoms in total. The molecule has 0 spiro atoms. The third-order valence-corrected chi connectivity index (χ3v) is 4.60. The molecule has 22 heavy (non-hydrogen) atoms. The lowest BCUT2D eigenvalue weighted by Crippen LogP contribution is -2.38. The molecule has 1 aliphatic rings. The van der Waals surface area contributed by atoms with Crippen molar-refractivity contribution in [3.8, 4) is 0 Å². The van der Waals surface area contributed by atoms with Gasteiger partial charge in [0.1, 0.15) is 17.5 Å². The number of carbonyl (C=O) groups excluding carboxylic acids is 1. The van der Waals surface area contributed by atoms with Crippen LogP contribution in [0.3, 0.4) is 0 Å². The lowest BCUT2D eigenvalue weighted by atomic mass is 9.94.